The molecule has 2 nitrogen and oxygen atoms in total. The Morgan fingerprint density at radius 1 is 1.00 bits per heavy atom. The van der Waals surface area contributed by atoms with Crippen LogP contribution in [-0.2, 0) is 6.42 Å². The van der Waals surface area contributed by atoms with Crippen LogP contribution in [0.2, 0.25) is 5.15 Å². The van der Waals surface area contributed by atoms with Crippen molar-refractivity contribution in [2.24, 2.45) is 5.92 Å². The van der Waals surface area contributed by atoms with Crippen LogP contribution in [0.15, 0.2) is 24.3 Å². The van der Waals surface area contributed by atoms with E-state index >= 15 is 0 Å². The van der Waals surface area contributed by atoms with Gasteiger partial charge in [-0.15, -0.1) is 0 Å². The van der Waals surface area contributed by atoms with Gasteiger partial charge in [0.05, 0.1) is 0 Å². The summed E-state index contributed by atoms with van der Waals surface area (Å²) in [5.41, 5.74) is 4.36. The van der Waals surface area contributed by atoms with Crippen molar-refractivity contribution < 1.29 is 0 Å². The molecule has 1 heterocycles. The van der Waals surface area contributed by atoms with Gasteiger partial charge < -0.3 is 0 Å². The third-order valence-corrected chi connectivity index (χ3v) is 3.81. The average molecular weight is 303 g/mol. The fraction of sp³-hybridized carbons (Fsp3) is 0.444. The topological polar surface area (TPSA) is 25.8 Å². The average Bonchev–Trinajstić information content (AvgIpc) is 2.37. The predicted octanol–water partition coefficient (Wildman–Crippen LogP) is 5.43. The minimum absolute atomic E-state index is 0.333. The first kappa shape index (κ1) is 16.0. The zero-order valence-electron chi connectivity index (χ0n) is 13.4. The molecule has 0 atom stereocenters. The van der Waals surface area contributed by atoms with E-state index in [-0.39, 0.29) is 0 Å². The number of aryl methyl sites for hydroxylation is 1. The lowest BCUT2D eigenvalue weighted by Gasteiger charge is -2.12. The third kappa shape index (κ3) is 3.82. The maximum atomic E-state index is 6.33. The molecule has 0 radical (unpaired) electrons. The van der Waals surface area contributed by atoms with Gasteiger partial charge in [0.15, 0.2) is 5.82 Å². The Morgan fingerprint density at radius 2 is 1.62 bits per heavy atom. The molecule has 2 rings (SSSR count). The third-order valence-electron chi connectivity index (χ3n) is 3.52. The molecule has 2 aromatic rings. The maximum absolute atomic E-state index is 6.33. The lowest BCUT2D eigenvalue weighted by Crippen LogP contribution is -2.02. The van der Waals surface area contributed by atoms with Gasteiger partial charge >= 0.3 is 0 Å². The van der Waals surface area contributed by atoms with Crippen LogP contribution in [-0.4, -0.2) is 9.97 Å². The minimum atomic E-state index is 0.333. The van der Waals surface area contributed by atoms with Gasteiger partial charge in [0, 0.05) is 16.8 Å². The first-order valence-corrected chi connectivity index (χ1v) is 7.89. The van der Waals surface area contributed by atoms with E-state index in [1.54, 1.807) is 0 Å². The summed E-state index contributed by atoms with van der Waals surface area (Å²) in [5, 5.41) is 0.568. The molecule has 0 saturated carbocycles. The number of rotatable bonds is 4. The molecule has 1 aromatic heterocycles. The van der Waals surface area contributed by atoms with Gasteiger partial charge in [0.25, 0.3) is 0 Å². The van der Waals surface area contributed by atoms with Gasteiger partial charge in [-0.25, -0.2) is 9.97 Å². The van der Waals surface area contributed by atoms with Crippen LogP contribution in [0.4, 0.5) is 0 Å². The molecule has 1 aromatic carbocycles. The molecule has 21 heavy (non-hydrogen) atoms. The van der Waals surface area contributed by atoms with Crippen LogP contribution in [0.1, 0.15) is 50.4 Å². The molecule has 0 amide bonds. The quantitative estimate of drug-likeness (QED) is 0.704. The Kier molecular flexibility index (Phi) is 5.00. The number of aromatic nitrogens is 2. The van der Waals surface area contributed by atoms with Crippen LogP contribution < -0.4 is 0 Å². The summed E-state index contributed by atoms with van der Waals surface area (Å²) < 4.78 is 0. The minimum Gasteiger partial charge on any atom is -0.233 e. The first-order chi connectivity index (χ1) is 9.88. The fourth-order valence-electron chi connectivity index (χ4n) is 2.59. The Balaban J connectivity index is 2.34. The smallest absolute Gasteiger partial charge is 0.161 e. The molecule has 0 aliphatic heterocycles. The van der Waals surface area contributed by atoms with E-state index in [0.29, 0.717) is 22.8 Å². The van der Waals surface area contributed by atoms with Gasteiger partial charge in [-0.3, -0.25) is 0 Å². The molecule has 0 N–H and O–H groups in total. The highest BCUT2D eigenvalue weighted by Crippen LogP contribution is 2.28. The molecule has 0 aliphatic carbocycles. The SMILES string of the molecule is Cc1nc(-c2ccc(CC(C)C)cc2)nc(Cl)c1C(C)C. The van der Waals surface area contributed by atoms with Crippen molar-refractivity contribution in [3.8, 4) is 11.4 Å². The van der Waals surface area contributed by atoms with Crippen LogP contribution in [0, 0.1) is 12.8 Å². The maximum Gasteiger partial charge on any atom is 0.161 e. The Labute approximate surface area is 132 Å². The van der Waals surface area contributed by atoms with Crippen LogP contribution in [0.5, 0.6) is 0 Å². The summed E-state index contributed by atoms with van der Waals surface area (Å²) in [6, 6.07) is 8.46. The predicted molar refractivity (Wildman–Crippen MR) is 89.8 cm³/mol. The second-order valence-corrected chi connectivity index (χ2v) is 6.64. The van der Waals surface area contributed by atoms with E-state index < -0.39 is 0 Å². The molecule has 112 valence electrons. The molecule has 3 heteroatoms. The molecule has 0 spiro atoms. The highest BCUT2D eigenvalue weighted by molar-refractivity contribution is 6.30. The van der Waals surface area contributed by atoms with Gasteiger partial charge in [0.1, 0.15) is 5.15 Å². The summed E-state index contributed by atoms with van der Waals surface area (Å²) in [6.07, 6.45) is 1.09. The monoisotopic (exact) mass is 302 g/mol. The van der Waals surface area contributed by atoms with Crippen LogP contribution in [0.3, 0.4) is 0 Å². The zero-order chi connectivity index (χ0) is 15.6. The molecular formula is C18H23ClN2. The summed E-state index contributed by atoms with van der Waals surface area (Å²) in [7, 11) is 0. The molecular weight excluding hydrogens is 280 g/mol. The first-order valence-electron chi connectivity index (χ1n) is 7.51. The van der Waals surface area contributed by atoms with Crippen LogP contribution in [0.25, 0.3) is 11.4 Å². The highest BCUT2D eigenvalue weighted by atomic mass is 35.5. The van der Waals surface area contributed by atoms with Crippen LogP contribution >= 0.6 is 11.6 Å². The van der Waals surface area contributed by atoms with Gasteiger partial charge in [-0.1, -0.05) is 63.6 Å². The molecule has 0 fully saturated rings. The van der Waals surface area contributed by atoms with E-state index in [1.165, 1.54) is 5.56 Å². The van der Waals surface area contributed by atoms with E-state index in [9.17, 15) is 0 Å². The van der Waals surface area contributed by atoms with Gasteiger partial charge in [0.2, 0.25) is 0 Å². The van der Waals surface area contributed by atoms with E-state index in [1.807, 2.05) is 6.92 Å². The molecule has 0 unspecified atom stereocenters. The second kappa shape index (κ2) is 6.57. The van der Waals surface area contributed by atoms with Crippen molar-refractivity contribution in [2.45, 2.75) is 47.0 Å². The van der Waals surface area contributed by atoms with Crippen molar-refractivity contribution in [3.05, 3.63) is 46.2 Å². The second-order valence-electron chi connectivity index (χ2n) is 6.29. The normalized spacial score (nSPS) is 11.4. The number of halogens is 1. The molecule has 0 saturated heterocycles. The van der Waals surface area contributed by atoms with Crippen molar-refractivity contribution >= 4 is 11.6 Å². The number of hydrogen-bond donors (Lipinski definition) is 0. The van der Waals surface area contributed by atoms with E-state index in [0.717, 1.165) is 23.2 Å². The Bertz CT molecular complexity index is 593. The molecule has 0 bridgehead atoms. The fourth-order valence-corrected chi connectivity index (χ4v) is 3.03. The van der Waals surface area contributed by atoms with Crippen molar-refractivity contribution in [3.63, 3.8) is 0 Å². The number of benzene rings is 1. The Morgan fingerprint density at radius 3 is 2.10 bits per heavy atom. The van der Waals surface area contributed by atoms with Crippen molar-refractivity contribution in [2.75, 3.05) is 0 Å². The highest BCUT2D eigenvalue weighted by Gasteiger charge is 2.14. The lowest BCUT2D eigenvalue weighted by molar-refractivity contribution is 0.647. The summed E-state index contributed by atoms with van der Waals surface area (Å²) >= 11 is 6.33. The molecule has 0 aliphatic rings. The van der Waals surface area contributed by atoms with Gasteiger partial charge in [-0.05, 0) is 30.7 Å². The van der Waals surface area contributed by atoms with E-state index in [4.69, 9.17) is 11.6 Å². The summed E-state index contributed by atoms with van der Waals surface area (Å²) in [6.45, 7) is 10.7. The van der Waals surface area contributed by atoms with Gasteiger partial charge in [-0.2, -0.15) is 0 Å². The van der Waals surface area contributed by atoms with Crippen molar-refractivity contribution in [1.29, 1.82) is 0 Å². The Hall–Kier alpha value is -1.41. The summed E-state index contributed by atoms with van der Waals surface area (Å²) in [5.74, 6) is 1.70. The largest absolute Gasteiger partial charge is 0.233 e. The summed E-state index contributed by atoms with van der Waals surface area (Å²) in [4.78, 5) is 9.09. The zero-order valence-corrected chi connectivity index (χ0v) is 14.2. The lowest BCUT2D eigenvalue weighted by atomic mass is 10.0. The standard InChI is InChI=1S/C18H23ClN2/c1-11(2)10-14-6-8-15(9-7-14)18-20-13(5)16(12(3)4)17(19)21-18/h6-9,11-12H,10H2,1-5H3. The van der Waals surface area contributed by atoms with E-state index in [2.05, 4.69) is 61.9 Å². The van der Waals surface area contributed by atoms with Crippen molar-refractivity contribution in [1.82, 2.24) is 9.97 Å². The number of hydrogen-bond acceptors (Lipinski definition) is 2. The number of nitrogens with zero attached hydrogens (tertiary/aromatic N) is 2.